The minimum atomic E-state index is -0.233. The lowest BCUT2D eigenvalue weighted by Gasteiger charge is -2.09. The number of amides is 1. The molecule has 6 nitrogen and oxygen atoms in total. The first-order valence-electron chi connectivity index (χ1n) is 8.25. The molecule has 0 unspecified atom stereocenters. The average Bonchev–Trinajstić information content (AvgIpc) is 3.11. The smallest absolute Gasteiger partial charge is 0.276 e. The number of para-hydroxylation sites is 1. The van der Waals surface area contributed by atoms with Crippen molar-refractivity contribution >= 4 is 23.4 Å². The minimum Gasteiger partial charge on any atom is -0.497 e. The molecule has 134 valence electrons. The molecule has 0 bridgehead atoms. The molecule has 2 aromatic carbocycles. The Kier molecular flexibility index (Phi) is 5.91. The van der Waals surface area contributed by atoms with Gasteiger partial charge >= 0.3 is 0 Å². The maximum absolute atomic E-state index is 12.9. The molecule has 1 heterocycles. The lowest BCUT2D eigenvalue weighted by molar-refractivity contribution is 0.101. The summed E-state index contributed by atoms with van der Waals surface area (Å²) in [5, 5.41) is 11.4. The maximum Gasteiger partial charge on any atom is 0.276 e. The number of benzene rings is 2. The van der Waals surface area contributed by atoms with Crippen LogP contribution < -0.4 is 10.1 Å². The van der Waals surface area contributed by atoms with Crippen molar-refractivity contribution in [2.24, 2.45) is 0 Å². The SMILES string of the molecule is CCSCn1nnc(-c2ccc(OC)cc2)c1C(=O)Nc1ccccc1. The number of carbonyl (C=O) groups is 1. The summed E-state index contributed by atoms with van der Waals surface area (Å²) in [6.07, 6.45) is 0. The van der Waals surface area contributed by atoms with Crippen LogP contribution in [0.5, 0.6) is 5.75 Å². The van der Waals surface area contributed by atoms with Gasteiger partial charge in [-0.2, -0.15) is 0 Å². The predicted octanol–water partition coefficient (Wildman–Crippen LogP) is 3.92. The molecule has 0 spiro atoms. The van der Waals surface area contributed by atoms with Gasteiger partial charge in [0.1, 0.15) is 11.4 Å². The summed E-state index contributed by atoms with van der Waals surface area (Å²) >= 11 is 1.67. The second-order valence-corrected chi connectivity index (χ2v) is 6.70. The number of aromatic nitrogens is 3. The zero-order chi connectivity index (χ0) is 18.4. The molecule has 0 saturated heterocycles. The summed E-state index contributed by atoms with van der Waals surface area (Å²) in [5.41, 5.74) is 2.54. The number of nitrogens with zero attached hydrogens (tertiary/aromatic N) is 3. The summed E-state index contributed by atoms with van der Waals surface area (Å²) < 4.78 is 6.84. The summed E-state index contributed by atoms with van der Waals surface area (Å²) in [5.74, 6) is 2.01. The van der Waals surface area contributed by atoms with Gasteiger partial charge in [-0.05, 0) is 42.2 Å². The van der Waals surface area contributed by atoms with Crippen molar-refractivity contribution in [1.82, 2.24) is 15.0 Å². The van der Waals surface area contributed by atoms with Gasteiger partial charge in [0.2, 0.25) is 0 Å². The zero-order valence-corrected chi connectivity index (χ0v) is 15.5. The molecule has 3 aromatic rings. The summed E-state index contributed by atoms with van der Waals surface area (Å²) in [6, 6.07) is 16.8. The van der Waals surface area contributed by atoms with Crippen molar-refractivity contribution in [3.8, 4) is 17.0 Å². The fourth-order valence-electron chi connectivity index (χ4n) is 2.46. The van der Waals surface area contributed by atoms with Crippen molar-refractivity contribution in [2.75, 3.05) is 18.2 Å². The zero-order valence-electron chi connectivity index (χ0n) is 14.7. The van der Waals surface area contributed by atoms with E-state index in [1.54, 1.807) is 23.6 Å². The van der Waals surface area contributed by atoms with Crippen molar-refractivity contribution in [3.63, 3.8) is 0 Å². The van der Waals surface area contributed by atoms with E-state index in [4.69, 9.17) is 4.74 Å². The highest BCUT2D eigenvalue weighted by atomic mass is 32.2. The Labute approximate surface area is 156 Å². The van der Waals surface area contributed by atoms with E-state index in [2.05, 4.69) is 22.6 Å². The fraction of sp³-hybridized carbons (Fsp3) is 0.211. The quantitative estimate of drug-likeness (QED) is 0.685. The molecule has 0 aliphatic rings. The van der Waals surface area contributed by atoms with E-state index >= 15 is 0 Å². The molecule has 7 heteroatoms. The van der Waals surface area contributed by atoms with Crippen molar-refractivity contribution in [2.45, 2.75) is 12.8 Å². The summed E-state index contributed by atoms with van der Waals surface area (Å²) in [6.45, 7) is 2.07. The molecule has 0 fully saturated rings. The fourth-order valence-corrected chi connectivity index (χ4v) is 3.00. The third-order valence-corrected chi connectivity index (χ3v) is 4.60. The maximum atomic E-state index is 12.9. The monoisotopic (exact) mass is 368 g/mol. The molecule has 0 aliphatic carbocycles. The van der Waals surface area contributed by atoms with Gasteiger partial charge in [0, 0.05) is 11.3 Å². The van der Waals surface area contributed by atoms with Crippen LogP contribution in [-0.4, -0.2) is 33.8 Å². The van der Waals surface area contributed by atoms with Gasteiger partial charge in [-0.25, -0.2) is 4.68 Å². The van der Waals surface area contributed by atoms with Gasteiger partial charge in [0.15, 0.2) is 5.69 Å². The highest BCUT2D eigenvalue weighted by Crippen LogP contribution is 2.25. The standard InChI is InChI=1S/C19H20N4O2S/c1-3-26-13-23-18(19(24)20-15-7-5-4-6-8-15)17(21-22-23)14-9-11-16(25-2)12-10-14/h4-12H,3,13H2,1-2H3,(H,20,24). The molecule has 0 aliphatic heterocycles. The van der Waals surface area contributed by atoms with Gasteiger partial charge in [-0.3, -0.25) is 4.79 Å². The molecule has 0 radical (unpaired) electrons. The number of rotatable bonds is 7. The van der Waals surface area contributed by atoms with Crippen LogP contribution in [0.2, 0.25) is 0 Å². The Morgan fingerprint density at radius 1 is 1.15 bits per heavy atom. The Morgan fingerprint density at radius 2 is 1.88 bits per heavy atom. The van der Waals surface area contributed by atoms with E-state index in [-0.39, 0.29) is 5.91 Å². The first kappa shape index (κ1) is 18.0. The van der Waals surface area contributed by atoms with Gasteiger partial charge in [0.25, 0.3) is 5.91 Å². The molecule has 26 heavy (non-hydrogen) atoms. The van der Waals surface area contributed by atoms with Crippen LogP contribution in [0.1, 0.15) is 17.4 Å². The number of anilines is 1. The molecule has 0 atom stereocenters. The van der Waals surface area contributed by atoms with Crippen molar-refractivity contribution < 1.29 is 9.53 Å². The summed E-state index contributed by atoms with van der Waals surface area (Å²) in [7, 11) is 1.62. The van der Waals surface area contributed by atoms with E-state index in [0.717, 1.165) is 22.8 Å². The number of hydrogen-bond donors (Lipinski definition) is 1. The topological polar surface area (TPSA) is 69.0 Å². The molecular formula is C19H20N4O2S. The average molecular weight is 368 g/mol. The van der Waals surface area contributed by atoms with Crippen molar-refractivity contribution in [3.05, 3.63) is 60.3 Å². The molecule has 1 amide bonds. The third kappa shape index (κ3) is 4.05. The third-order valence-electron chi connectivity index (χ3n) is 3.76. The lowest BCUT2D eigenvalue weighted by Crippen LogP contribution is -2.18. The molecule has 0 saturated carbocycles. The van der Waals surface area contributed by atoms with Gasteiger partial charge in [0.05, 0.1) is 13.0 Å². The second kappa shape index (κ2) is 8.53. The van der Waals surface area contributed by atoms with E-state index in [9.17, 15) is 4.79 Å². The minimum absolute atomic E-state index is 0.233. The van der Waals surface area contributed by atoms with E-state index in [0.29, 0.717) is 17.3 Å². The van der Waals surface area contributed by atoms with E-state index < -0.39 is 0 Å². The summed E-state index contributed by atoms with van der Waals surface area (Å²) in [4.78, 5) is 12.9. The molecular weight excluding hydrogens is 348 g/mol. The first-order valence-corrected chi connectivity index (χ1v) is 9.40. The Balaban J connectivity index is 1.96. The number of thioether (sulfide) groups is 1. The van der Waals surface area contributed by atoms with Crippen LogP contribution >= 0.6 is 11.8 Å². The van der Waals surface area contributed by atoms with E-state index in [1.165, 1.54) is 0 Å². The van der Waals surface area contributed by atoms with Crippen molar-refractivity contribution in [1.29, 1.82) is 0 Å². The highest BCUT2D eigenvalue weighted by Gasteiger charge is 2.22. The van der Waals surface area contributed by atoms with Crippen LogP contribution in [0.15, 0.2) is 54.6 Å². The van der Waals surface area contributed by atoms with Crippen LogP contribution in [-0.2, 0) is 5.88 Å². The number of methoxy groups -OCH3 is 1. The number of ether oxygens (including phenoxy) is 1. The second-order valence-electron chi connectivity index (χ2n) is 5.46. The van der Waals surface area contributed by atoms with Crippen LogP contribution in [0.4, 0.5) is 5.69 Å². The Morgan fingerprint density at radius 3 is 2.54 bits per heavy atom. The van der Waals surface area contributed by atoms with Crippen LogP contribution in [0.3, 0.4) is 0 Å². The molecule has 1 N–H and O–H groups in total. The van der Waals surface area contributed by atoms with Gasteiger partial charge in [-0.15, -0.1) is 16.9 Å². The predicted molar refractivity (Wildman–Crippen MR) is 105 cm³/mol. The van der Waals surface area contributed by atoms with Gasteiger partial charge < -0.3 is 10.1 Å². The van der Waals surface area contributed by atoms with Gasteiger partial charge in [-0.1, -0.05) is 30.3 Å². The highest BCUT2D eigenvalue weighted by molar-refractivity contribution is 7.98. The number of hydrogen-bond acceptors (Lipinski definition) is 5. The van der Waals surface area contributed by atoms with Crippen LogP contribution in [0.25, 0.3) is 11.3 Å². The normalized spacial score (nSPS) is 10.5. The number of carbonyl (C=O) groups excluding carboxylic acids is 1. The lowest BCUT2D eigenvalue weighted by atomic mass is 10.1. The largest absolute Gasteiger partial charge is 0.497 e. The first-order chi connectivity index (χ1) is 12.7. The number of nitrogens with one attached hydrogen (secondary N) is 1. The molecule has 1 aromatic heterocycles. The van der Waals surface area contributed by atoms with E-state index in [1.807, 2.05) is 54.6 Å². The Hall–Kier alpha value is -2.80. The Bertz CT molecular complexity index is 863. The van der Waals surface area contributed by atoms with Crippen LogP contribution in [0, 0.1) is 0 Å². The molecule has 3 rings (SSSR count).